The molecule has 152 valence electrons. The Bertz CT molecular complexity index is 946. The number of hydrogen-bond donors (Lipinski definition) is 1. The first-order chi connectivity index (χ1) is 13.9. The number of esters is 1. The second-order valence-corrected chi connectivity index (χ2v) is 7.96. The van der Waals surface area contributed by atoms with Crippen LogP contribution in [-0.2, 0) is 20.9 Å². The van der Waals surface area contributed by atoms with Crippen LogP contribution < -0.4 is 5.73 Å². The van der Waals surface area contributed by atoms with Gasteiger partial charge in [-0.15, -0.1) is 11.8 Å². The molecule has 1 aliphatic heterocycles. The summed E-state index contributed by atoms with van der Waals surface area (Å²) in [5, 5.41) is -0.375. The Morgan fingerprint density at radius 2 is 2.00 bits per heavy atom. The molecule has 3 rings (SSSR count). The van der Waals surface area contributed by atoms with Crippen molar-refractivity contribution in [3.63, 3.8) is 0 Å². The van der Waals surface area contributed by atoms with E-state index in [-0.39, 0.29) is 30.3 Å². The number of benzene rings is 1. The lowest BCUT2D eigenvalue weighted by Crippen LogP contribution is -2.36. The second kappa shape index (κ2) is 9.09. The average Bonchev–Trinajstić information content (AvgIpc) is 2.69. The lowest BCUT2D eigenvalue weighted by Gasteiger charge is -2.35. The van der Waals surface area contributed by atoms with Gasteiger partial charge in [0.25, 0.3) is 0 Å². The van der Waals surface area contributed by atoms with Crippen LogP contribution in [0.4, 0.5) is 5.82 Å². The topological polar surface area (TPSA) is 98.4 Å². The van der Waals surface area contributed by atoms with Gasteiger partial charge in [0.1, 0.15) is 16.9 Å². The van der Waals surface area contributed by atoms with E-state index in [1.807, 2.05) is 37.3 Å². The molecule has 0 radical (unpaired) electrons. The maximum absolute atomic E-state index is 13.4. The zero-order valence-corrected chi connectivity index (χ0v) is 17.5. The molecular weight excluding hydrogens is 388 g/mol. The van der Waals surface area contributed by atoms with Crippen molar-refractivity contribution >= 4 is 29.5 Å². The highest BCUT2D eigenvalue weighted by Gasteiger charge is 2.35. The molecule has 1 aromatic heterocycles. The van der Waals surface area contributed by atoms with Crippen LogP contribution in [0, 0.1) is 6.92 Å². The molecule has 1 atom stereocenters. The van der Waals surface area contributed by atoms with Crippen LogP contribution in [-0.4, -0.2) is 33.4 Å². The number of nitrogens with zero attached hydrogens (tertiary/aromatic N) is 3. The number of hydrogen-bond acceptors (Lipinski definition) is 7. The highest BCUT2D eigenvalue weighted by atomic mass is 32.2. The monoisotopic (exact) mass is 412 g/mol. The molecule has 29 heavy (non-hydrogen) atoms. The lowest BCUT2D eigenvalue weighted by molar-refractivity contribution is -0.140. The Labute approximate surface area is 174 Å². The van der Waals surface area contributed by atoms with Crippen LogP contribution in [0.25, 0.3) is 0 Å². The fraction of sp³-hybridized carbons (Fsp3) is 0.333. The molecule has 0 aliphatic carbocycles. The first-order valence-corrected chi connectivity index (χ1v) is 10.2. The van der Waals surface area contributed by atoms with Crippen LogP contribution in [0.1, 0.15) is 42.5 Å². The molecule has 7 nitrogen and oxygen atoms in total. The van der Waals surface area contributed by atoms with Crippen molar-refractivity contribution in [1.82, 2.24) is 14.9 Å². The predicted octanol–water partition coefficient (Wildman–Crippen LogP) is 3.37. The first-order valence-electron chi connectivity index (χ1n) is 9.31. The minimum atomic E-state index is -0.375. The molecule has 2 heterocycles. The number of amides is 1. The fourth-order valence-electron chi connectivity index (χ4n) is 3.10. The summed E-state index contributed by atoms with van der Waals surface area (Å²) in [4.78, 5) is 35.6. The molecule has 0 fully saturated rings. The normalized spacial score (nSPS) is 16.9. The van der Waals surface area contributed by atoms with E-state index < -0.39 is 0 Å². The molecule has 0 saturated heterocycles. The van der Waals surface area contributed by atoms with E-state index in [0.717, 1.165) is 16.2 Å². The molecule has 1 aliphatic rings. The minimum absolute atomic E-state index is 0.0186. The number of aromatic nitrogens is 2. The zero-order chi connectivity index (χ0) is 21.0. The standard InChI is InChI=1S/C21H24N4O3S/c1-13-18(9-10-28-15(3)26)29-19(16-7-5-4-6-8-16)21(27)25(13)12-17-11-23-14(2)24-20(17)22/h4-8,11,19H,9-10,12H2,1-3H3,(H2,22,23,24). The smallest absolute Gasteiger partial charge is 0.302 e. The highest BCUT2D eigenvalue weighted by molar-refractivity contribution is 8.04. The maximum atomic E-state index is 13.4. The molecule has 1 aromatic carbocycles. The van der Waals surface area contributed by atoms with Gasteiger partial charge in [0.15, 0.2) is 0 Å². The number of carbonyl (C=O) groups is 2. The first kappa shape index (κ1) is 20.9. The largest absolute Gasteiger partial charge is 0.466 e. The van der Waals surface area contributed by atoms with Gasteiger partial charge in [-0.2, -0.15) is 0 Å². The van der Waals surface area contributed by atoms with Crippen LogP contribution in [0.3, 0.4) is 0 Å². The van der Waals surface area contributed by atoms with Gasteiger partial charge in [-0.3, -0.25) is 9.59 Å². The Morgan fingerprint density at radius 3 is 2.66 bits per heavy atom. The van der Waals surface area contributed by atoms with E-state index in [9.17, 15) is 9.59 Å². The summed E-state index contributed by atoms with van der Waals surface area (Å²) in [5.74, 6) is 0.619. The number of rotatable bonds is 6. The Balaban J connectivity index is 1.93. The number of thioether (sulfide) groups is 1. The number of nitrogens with two attached hydrogens (primary N) is 1. The molecular formula is C21H24N4O3S. The third-order valence-corrected chi connectivity index (χ3v) is 6.14. The van der Waals surface area contributed by atoms with E-state index in [2.05, 4.69) is 9.97 Å². The van der Waals surface area contributed by atoms with E-state index in [0.29, 0.717) is 23.6 Å². The molecule has 0 spiro atoms. The van der Waals surface area contributed by atoms with Crippen LogP contribution in [0.5, 0.6) is 0 Å². The van der Waals surface area contributed by atoms with Crippen LogP contribution >= 0.6 is 11.8 Å². The summed E-state index contributed by atoms with van der Waals surface area (Å²) in [5.41, 5.74) is 8.51. The van der Waals surface area contributed by atoms with Crippen molar-refractivity contribution in [3.8, 4) is 0 Å². The predicted molar refractivity (Wildman–Crippen MR) is 112 cm³/mol. The van der Waals surface area contributed by atoms with E-state index in [4.69, 9.17) is 10.5 Å². The van der Waals surface area contributed by atoms with E-state index >= 15 is 0 Å². The number of ether oxygens (including phenoxy) is 1. The van der Waals surface area contributed by atoms with Gasteiger partial charge >= 0.3 is 5.97 Å². The zero-order valence-electron chi connectivity index (χ0n) is 16.7. The van der Waals surface area contributed by atoms with Gasteiger partial charge < -0.3 is 15.4 Å². The summed E-state index contributed by atoms with van der Waals surface area (Å²) in [6.07, 6.45) is 2.21. The molecule has 1 unspecified atom stereocenters. The number of allylic oxidation sites excluding steroid dienone is 1. The minimum Gasteiger partial charge on any atom is -0.466 e. The van der Waals surface area contributed by atoms with E-state index in [1.54, 1.807) is 18.0 Å². The van der Waals surface area contributed by atoms with Gasteiger partial charge in [-0.05, 0) is 19.4 Å². The number of nitrogen functional groups attached to an aromatic ring is 1. The Kier molecular flexibility index (Phi) is 6.53. The van der Waals surface area contributed by atoms with Gasteiger partial charge in [0.05, 0.1) is 13.2 Å². The van der Waals surface area contributed by atoms with Crippen molar-refractivity contribution in [1.29, 1.82) is 0 Å². The average molecular weight is 413 g/mol. The van der Waals surface area contributed by atoms with Crippen LogP contribution in [0.15, 0.2) is 47.1 Å². The summed E-state index contributed by atoms with van der Waals surface area (Å²) in [7, 11) is 0. The van der Waals surface area contributed by atoms with Crippen molar-refractivity contribution in [3.05, 3.63) is 64.1 Å². The van der Waals surface area contributed by atoms with Gasteiger partial charge in [0, 0.05) is 35.7 Å². The SMILES string of the molecule is CC(=O)OCCC1=C(C)N(Cc2cnc(C)nc2N)C(=O)C(c2ccccc2)S1. The molecule has 2 N–H and O–H groups in total. The summed E-state index contributed by atoms with van der Waals surface area (Å²) < 4.78 is 5.12. The van der Waals surface area contributed by atoms with Gasteiger partial charge in [-0.25, -0.2) is 9.97 Å². The molecule has 0 saturated carbocycles. The van der Waals surface area contributed by atoms with Crippen molar-refractivity contribution in [2.24, 2.45) is 0 Å². The van der Waals surface area contributed by atoms with Gasteiger partial charge in [0.2, 0.25) is 5.91 Å². The van der Waals surface area contributed by atoms with Crippen molar-refractivity contribution < 1.29 is 14.3 Å². The highest BCUT2D eigenvalue weighted by Crippen LogP contribution is 2.44. The van der Waals surface area contributed by atoms with Crippen molar-refractivity contribution in [2.75, 3.05) is 12.3 Å². The molecule has 1 amide bonds. The van der Waals surface area contributed by atoms with Crippen molar-refractivity contribution in [2.45, 2.75) is 39.0 Å². The second-order valence-electron chi connectivity index (χ2n) is 6.76. The molecule has 8 heteroatoms. The van der Waals surface area contributed by atoms with E-state index in [1.165, 1.54) is 18.7 Å². The molecule has 2 aromatic rings. The summed E-state index contributed by atoms with van der Waals surface area (Å²) in [6.45, 7) is 5.62. The number of aryl methyl sites for hydroxylation is 1. The quantitative estimate of drug-likeness (QED) is 0.726. The maximum Gasteiger partial charge on any atom is 0.302 e. The summed E-state index contributed by atoms with van der Waals surface area (Å²) >= 11 is 1.51. The van der Waals surface area contributed by atoms with Crippen LogP contribution in [0.2, 0.25) is 0 Å². The van der Waals surface area contributed by atoms with Gasteiger partial charge in [-0.1, -0.05) is 30.3 Å². The fourth-order valence-corrected chi connectivity index (χ4v) is 4.39. The lowest BCUT2D eigenvalue weighted by atomic mass is 10.1. The third kappa shape index (κ3) is 4.95. The summed E-state index contributed by atoms with van der Waals surface area (Å²) in [6, 6.07) is 9.65. The number of carbonyl (C=O) groups excluding carboxylic acids is 2. The number of anilines is 1. The Hall–Kier alpha value is -2.87. The third-order valence-electron chi connectivity index (χ3n) is 4.64. The Morgan fingerprint density at radius 1 is 1.28 bits per heavy atom. The molecule has 0 bridgehead atoms.